The summed E-state index contributed by atoms with van der Waals surface area (Å²) in [4.78, 5) is 23.0. The summed E-state index contributed by atoms with van der Waals surface area (Å²) in [6.07, 6.45) is -0.251. The van der Waals surface area contributed by atoms with Crippen LogP contribution in [0.15, 0.2) is 0 Å². The molecule has 1 aliphatic carbocycles. The predicted molar refractivity (Wildman–Crippen MR) is 79.1 cm³/mol. The number of carboxylic acid groups (broad SMARTS) is 1. The molecular formula is C15H27NO6. The van der Waals surface area contributed by atoms with E-state index in [1.807, 2.05) is 0 Å². The second kappa shape index (κ2) is 6.83. The average molecular weight is 317 g/mol. The van der Waals surface area contributed by atoms with E-state index >= 15 is 0 Å². The number of hydrogen-bond acceptors (Lipinski definition) is 5. The monoisotopic (exact) mass is 317 g/mol. The first kappa shape index (κ1) is 18.7. The second-order valence-electron chi connectivity index (χ2n) is 7.30. The van der Waals surface area contributed by atoms with Crippen molar-refractivity contribution in [1.82, 2.24) is 5.32 Å². The molecule has 4 N–H and O–H groups in total. The van der Waals surface area contributed by atoms with Crippen LogP contribution in [0, 0.1) is 11.3 Å². The van der Waals surface area contributed by atoms with Crippen molar-refractivity contribution in [3.05, 3.63) is 0 Å². The van der Waals surface area contributed by atoms with Gasteiger partial charge in [-0.1, -0.05) is 6.92 Å². The standard InChI is InChI=1S/C15H27NO6/c1-14(2,3)22-13(21)16-9-5-7-15(4,8-6-9)10(11(17)18)12(19)20/h9-11,17-18H,5-8H2,1-4H3,(H,16,21)(H,19,20). The van der Waals surface area contributed by atoms with Gasteiger partial charge in [0.15, 0.2) is 6.29 Å². The Morgan fingerprint density at radius 3 is 2.09 bits per heavy atom. The third kappa shape index (κ3) is 5.14. The zero-order valence-electron chi connectivity index (χ0n) is 13.6. The molecule has 1 aliphatic rings. The normalized spacial score (nSPS) is 27.3. The Kier molecular flexibility index (Phi) is 5.81. The topological polar surface area (TPSA) is 116 Å². The number of aliphatic hydroxyl groups is 2. The van der Waals surface area contributed by atoms with Gasteiger partial charge < -0.3 is 25.4 Å². The summed E-state index contributed by atoms with van der Waals surface area (Å²) in [6, 6.07) is -0.0896. The van der Waals surface area contributed by atoms with Crippen LogP contribution in [-0.4, -0.2) is 45.3 Å². The predicted octanol–water partition coefficient (Wildman–Crippen LogP) is 1.47. The Hall–Kier alpha value is -1.34. The van der Waals surface area contributed by atoms with Crippen LogP contribution in [0.4, 0.5) is 4.79 Å². The molecule has 1 atom stereocenters. The minimum atomic E-state index is -1.89. The van der Waals surface area contributed by atoms with Gasteiger partial charge in [-0.3, -0.25) is 4.79 Å². The van der Waals surface area contributed by atoms with Gasteiger partial charge in [0.05, 0.1) is 0 Å². The fourth-order valence-electron chi connectivity index (χ4n) is 2.99. The van der Waals surface area contributed by atoms with Gasteiger partial charge in [-0.2, -0.15) is 0 Å². The van der Waals surface area contributed by atoms with E-state index in [0.29, 0.717) is 25.7 Å². The van der Waals surface area contributed by atoms with Crippen molar-refractivity contribution in [2.75, 3.05) is 0 Å². The molecule has 128 valence electrons. The molecular weight excluding hydrogens is 290 g/mol. The zero-order chi connectivity index (χ0) is 17.1. The number of carbonyl (C=O) groups excluding carboxylic acids is 1. The molecule has 1 rings (SSSR count). The van der Waals surface area contributed by atoms with Crippen LogP contribution in [0.25, 0.3) is 0 Å². The van der Waals surface area contributed by atoms with E-state index in [1.54, 1.807) is 27.7 Å². The van der Waals surface area contributed by atoms with E-state index in [-0.39, 0.29) is 6.04 Å². The summed E-state index contributed by atoms with van der Waals surface area (Å²) in [7, 11) is 0. The summed E-state index contributed by atoms with van der Waals surface area (Å²) in [6.45, 7) is 7.09. The molecule has 0 aromatic rings. The molecule has 1 fully saturated rings. The maximum absolute atomic E-state index is 11.7. The lowest BCUT2D eigenvalue weighted by Crippen LogP contribution is -2.48. The van der Waals surface area contributed by atoms with Gasteiger partial charge in [0, 0.05) is 6.04 Å². The van der Waals surface area contributed by atoms with Crippen LogP contribution in [-0.2, 0) is 9.53 Å². The van der Waals surface area contributed by atoms with Crippen LogP contribution in [0.1, 0.15) is 53.4 Å². The molecule has 0 radical (unpaired) electrons. The maximum atomic E-state index is 11.7. The molecule has 0 saturated heterocycles. The van der Waals surface area contributed by atoms with Crippen molar-refractivity contribution >= 4 is 12.1 Å². The highest BCUT2D eigenvalue weighted by molar-refractivity contribution is 5.71. The van der Waals surface area contributed by atoms with E-state index in [0.717, 1.165) is 0 Å². The van der Waals surface area contributed by atoms with E-state index < -0.39 is 35.3 Å². The number of nitrogens with one attached hydrogen (secondary N) is 1. The Labute approximate surface area is 130 Å². The molecule has 1 saturated carbocycles. The van der Waals surface area contributed by atoms with Crippen LogP contribution in [0.2, 0.25) is 0 Å². The minimum absolute atomic E-state index is 0.0896. The van der Waals surface area contributed by atoms with E-state index in [1.165, 1.54) is 0 Å². The first-order chi connectivity index (χ1) is 9.94. The molecule has 0 aromatic heterocycles. The lowest BCUT2D eigenvalue weighted by atomic mass is 9.66. The first-order valence-corrected chi connectivity index (χ1v) is 7.53. The number of alkyl carbamates (subject to hydrolysis) is 1. The van der Waals surface area contributed by atoms with Crippen molar-refractivity contribution < 1.29 is 29.6 Å². The molecule has 7 heteroatoms. The summed E-state index contributed by atoms with van der Waals surface area (Å²) >= 11 is 0. The SMILES string of the molecule is CC(C)(C)OC(=O)NC1CCC(C)(C(C(=O)O)C(O)O)CC1. The number of amides is 1. The molecule has 1 unspecified atom stereocenters. The van der Waals surface area contributed by atoms with Crippen molar-refractivity contribution in [2.24, 2.45) is 11.3 Å². The summed E-state index contributed by atoms with van der Waals surface area (Å²) in [5.41, 5.74) is -1.27. The highest BCUT2D eigenvalue weighted by Crippen LogP contribution is 2.43. The molecule has 0 bridgehead atoms. The Morgan fingerprint density at radius 2 is 1.73 bits per heavy atom. The average Bonchev–Trinajstić information content (AvgIpc) is 2.28. The van der Waals surface area contributed by atoms with Crippen LogP contribution in [0.5, 0.6) is 0 Å². The van der Waals surface area contributed by atoms with Crippen molar-refractivity contribution in [1.29, 1.82) is 0 Å². The highest BCUT2D eigenvalue weighted by Gasteiger charge is 2.45. The molecule has 0 spiro atoms. The Morgan fingerprint density at radius 1 is 1.23 bits per heavy atom. The number of rotatable bonds is 4. The fourth-order valence-corrected chi connectivity index (χ4v) is 2.99. The molecule has 22 heavy (non-hydrogen) atoms. The van der Waals surface area contributed by atoms with E-state index in [4.69, 9.17) is 4.74 Å². The van der Waals surface area contributed by atoms with Crippen molar-refractivity contribution in [3.63, 3.8) is 0 Å². The summed E-state index contributed by atoms with van der Waals surface area (Å²) < 4.78 is 5.19. The van der Waals surface area contributed by atoms with Gasteiger partial charge in [-0.05, 0) is 51.9 Å². The van der Waals surface area contributed by atoms with Crippen LogP contribution < -0.4 is 5.32 Å². The Bertz CT molecular complexity index is 407. The number of carbonyl (C=O) groups is 2. The van der Waals surface area contributed by atoms with Gasteiger partial charge in [0.2, 0.25) is 0 Å². The quantitative estimate of drug-likeness (QED) is 0.584. The fraction of sp³-hybridized carbons (Fsp3) is 0.867. The van der Waals surface area contributed by atoms with Gasteiger partial charge in [-0.25, -0.2) is 4.79 Å². The lowest BCUT2D eigenvalue weighted by Gasteiger charge is -2.41. The largest absolute Gasteiger partial charge is 0.481 e. The van der Waals surface area contributed by atoms with Gasteiger partial charge >= 0.3 is 12.1 Å². The zero-order valence-corrected chi connectivity index (χ0v) is 13.6. The number of aliphatic hydroxyl groups excluding tert-OH is 1. The molecule has 0 aromatic carbocycles. The third-order valence-electron chi connectivity index (χ3n) is 4.16. The molecule has 7 nitrogen and oxygen atoms in total. The minimum Gasteiger partial charge on any atom is -0.481 e. The van der Waals surface area contributed by atoms with Crippen LogP contribution in [0.3, 0.4) is 0 Å². The molecule has 0 heterocycles. The molecule has 1 amide bonds. The maximum Gasteiger partial charge on any atom is 0.407 e. The lowest BCUT2D eigenvalue weighted by molar-refractivity contribution is -0.175. The summed E-state index contributed by atoms with van der Waals surface area (Å²) in [5, 5.41) is 30.6. The third-order valence-corrected chi connectivity index (χ3v) is 4.16. The van der Waals surface area contributed by atoms with Gasteiger partial charge in [0.1, 0.15) is 11.5 Å². The van der Waals surface area contributed by atoms with E-state index in [2.05, 4.69) is 5.32 Å². The number of aliphatic carboxylic acids is 1. The first-order valence-electron chi connectivity index (χ1n) is 7.53. The highest BCUT2D eigenvalue weighted by atomic mass is 16.6. The number of carboxylic acids is 1. The smallest absolute Gasteiger partial charge is 0.407 e. The second-order valence-corrected chi connectivity index (χ2v) is 7.30. The number of hydrogen-bond donors (Lipinski definition) is 4. The van der Waals surface area contributed by atoms with Crippen molar-refractivity contribution in [2.45, 2.75) is 71.3 Å². The van der Waals surface area contributed by atoms with Crippen molar-refractivity contribution in [3.8, 4) is 0 Å². The van der Waals surface area contributed by atoms with Gasteiger partial charge in [0.25, 0.3) is 0 Å². The van der Waals surface area contributed by atoms with E-state index in [9.17, 15) is 24.9 Å². The van der Waals surface area contributed by atoms with Gasteiger partial charge in [-0.15, -0.1) is 0 Å². The molecule has 0 aliphatic heterocycles. The number of ether oxygens (including phenoxy) is 1. The van der Waals surface area contributed by atoms with Crippen LogP contribution >= 0.6 is 0 Å². The Balaban J connectivity index is 2.58. The summed E-state index contributed by atoms with van der Waals surface area (Å²) in [5.74, 6) is -2.44.